The zero-order valence-electron chi connectivity index (χ0n) is 11.9. The molecule has 1 aliphatic carbocycles. The minimum Gasteiger partial charge on any atom is -0.366 e. The molecule has 0 saturated heterocycles. The van der Waals surface area contributed by atoms with Gasteiger partial charge in [-0.25, -0.2) is 0 Å². The molecule has 2 aromatic carbocycles. The summed E-state index contributed by atoms with van der Waals surface area (Å²) in [5.74, 6) is 0. The highest BCUT2D eigenvalue weighted by molar-refractivity contribution is 5.29. The first-order valence-corrected chi connectivity index (χ1v) is 7.69. The maximum Gasteiger partial charge on any atom is 0.108 e. The van der Waals surface area contributed by atoms with Crippen molar-refractivity contribution in [3.8, 4) is 0 Å². The lowest BCUT2D eigenvalue weighted by Crippen LogP contribution is -2.20. The van der Waals surface area contributed by atoms with Crippen molar-refractivity contribution >= 4 is 0 Å². The van der Waals surface area contributed by atoms with Gasteiger partial charge in [0.25, 0.3) is 0 Å². The number of rotatable bonds is 4. The Labute approximate surface area is 121 Å². The normalized spacial score (nSPS) is 16.4. The van der Waals surface area contributed by atoms with Gasteiger partial charge < -0.3 is 4.74 Å². The third-order valence-electron chi connectivity index (χ3n) is 4.09. The van der Waals surface area contributed by atoms with E-state index >= 15 is 0 Å². The molecule has 0 heterocycles. The van der Waals surface area contributed by atoms with Crippen LogP contribution in [0.2, 0.25) is 0 Å². The van der Waals surface area contributed by atoms with Gasteiger partial charge in [-0.3, -0.25) is 0 Å². The number of benzene rings is 2. The van der Waals surface area contributed by atoms with E-state index in [1.807, 2.05) is 0 Å². The van der Waals surface area contributed by atoms with Crippen molar-refractivity contribution < 1.29 is 4.74 Å². The van der Waals surface area contributed by atoms with Crippen molar-refractivity contribution in [3.63, 3.8) is 0 Å². The molecule has 2 aromatic rings. The molecular weight excluding hydrogens is 244 g/mol. The van der Waals surface area contributed by atoms with Gasteiger partial charge in [0.1, 0.15) is 6.10 Å². The molecule has 1 heteroatoms. The molecule has 0 radical (unpaired) electrons. The highest BCUT2D eigenvalue weighted by Crippen LogP contribution is 2.31. The Morgan fingerprint density at radius 3 is 1.70 bits per heavy atom. The fraction of sp³-hybridized carbons (Fsp3) is 0.368. The average Bonchev–Trinajstić information content (AvgIpc) is 2.55. The molecule has 0 unspecified atom stereocenters. The van der Waals surface area contributed by atoms with Crippen molar-refractivity contribution in [2.75, 3.05) is 0 Å². The quantitative estimate of drug-likeness (QED) is 0.745. The molecule has 1 fully saturated rings. The number of ether oxygens (including phenoxy) is 1. The molecule has 1 aliphatic rings. The molecule has 0 bridgehead atoms. The maximum absolute atomic E-state index is 6.46. The first kappa shape index (κ1) is 13.4. The Morgan fingerprint density at radius 1 is 0.700 bits per heavy atom. The second kappa shape index (κ2) is 6.71. The van der Waals surface area contributed by atoms with E-state index in [1.54, 1.807) is 0 Å². The largest absolute Gasteiger partial charge is 0.366 e. The molecule has 0 N–H and O–H groups in total. The summed E-state index contributed by atoms with van der Waals surface area (Å²) in [6.45, 7) is 0. The second-order valence-corrected chi connectivity index (χ2v) is 5.60. The zero-order valence-corrected chi connectivity index (χ0v) is 11.9. The summed E-state index contributed by atoms with van der Waals surface area (Å²) >= 11 is 0. The van der Waals surface area contributed by atoms with E-state index in [4.69, 9.17) is 4.74 Å². The topological polar surface area (TPSA) is 9.23 Å². The molecule has 0 aromatic heterocycles. The molecule has 1 nitrogen and oxygen atoms in total. The van der Waals surface area contributed by atoms with E-state index in [1.165, 1.54) is 43.2 Å². The molecule has 104 valence electrons. The fourth-order valence-electron chi connectivity index (χ4n) is 3.00. The van der Waals surface area contributed by atoms with Gasteiger partial charge in [-0.05, 0) is 24.0 Å². The van der Waals surface area contributed by atoms with E-state index < -0.39 is 0 Å². The summed E-state index contributed by atoms with van der Waals surface area (Å²) in [5.41, 5.74) is 2.51. The molecule has 0 atom stereocenters. The van der Waals surface area contributed by atoms with Crippen molar-refractivity contribution in [2.45, 2.75) is 44.3 Å². The summed E-state index contributed by atoms with van der Waals surface area (Å²) in [5, 5.41) is 0. The lowest BCUT2D eigenvalue weighted by atomic mass is 9.96. The first-order chi connectivity index (χ1) is 9.93. The lowest BCUT2D eigenvalue weighted by Gasteiger charge is -2.28. The van der Waals surface area contributed by atoms with E-state index in [2.05, 4.69) is 60.7 Å². The van der Waals surface area contributed by atoms with Crippen LogP contribution in [0.5, 0.6) is 0 Å². The van der Waals surface area contributed by atoms with Gasteiger partial charge >= 0.3 is 0 Å². The zero-order chi connectivity index (χ0) is 13.6. The lowest BCUT2D eigenvalue weighted by molar-refractivity contribution is -0.0118. The van der Waals surface area contributed by atoms with E-state index in [9.17, 15) is 0 Å². The summed E-state index contributed by atoms with van der Waals surface area (Å²) < 4.78 is 6.46. The van der Waals surface area contributed by atoms with Gasteiger partial charge in [-0.2, -0.15) is 0 Å². The van der Waals surface area contributed by atoms with E-state index in [-0.39, 0.29) is 6.10 Å². The molecular formula is C19H22O. The minimum absolute atomic E-state index is 0.0699. The third-order valence-corrected chi connectivity index (χ3v) is 4.09. The van der Waals surface area contributed by atoms with Gasteiger partial charge in [-0.15, -0.1) is 0 Å². The predicted molar refractivity (Wildman–Crippen MR) is 82.7 cm³/mol. The molecule has 0 aliphatic heterocycles. The van der Waals surface area contributed by atoms with Crippen LogP contribution in [0.1, 0.15) is 49.3 Å². The first-order valence-electron chi connectivity index (χ1n) is 7.69. The van der Waals surface area contributed by atoms with Crippen LogP contribution in [0.25, 0.3) is 0 Å². The summed E-state index contributed by atoms with van der Waals surface area (Å²) in [6.07, 6.45) is 6.87. The molecule has 20 heavy (non-hydrogen) atoms. The van der Waals surface area contributed by atoms with Gasteiger partial charge in [0.05, 0.1) is 6.10 Å². The monoisotopic (exact) mass is 266 g/mol. The third kappa shape index (κ3) is 3.29. The van der Waals surface area contributed by atoms with Gasteiger partial charge in [0.15, 0.2) is 0 Å². The maximum atomic E-state index is 6.46. The minimum atomic E-state index is 0.0699. The Bertz CT molecular complexity index is 460. The Hall–Kier alpha value is -1.60. The van der Waals surface area contributed by atoms with Crippen molar-refractivity contribution in [3.05, 3.63) is 71.8 Å². The molecule has 0 amide bonds. The number of hydrogen-bond acceptors (Lipinski definition) is 1. The van der Waals surface area contributed by atoms with Crippen LogP contribution in [0.3, 0.4) is 0 Å². The summed E-state index contributed by atoms with van der Waals surface area (Å²) in [7, 11) is 0. The van der Waals surface area contributed by atoms with Crippen LogP contribution in [0.15, 0.2) is 60.7 Å². The van der Waals surface area contributed by atoms with Crippen LogP contribution in [-0.4, -0.2) is 6.10 Å². The van der Waals surface area contributed by atoms with Crippen LogP contribution in [-0.2, 0) is 4.74 Å². The number of hydrogen-bond donors (Lipinski definition) is 0. The Kier molecular flexibility index (Phi) is 4.49. The van der Waals surface area contributed by atoms with Gasteiger partial charge in [0.2, 0.25) is 0 Å². The molecule has 0 spiro atoms. The van der Waals surface area contributed by atoms with Crippen LogP contribution >= 0.6 is 0 Å². The van der Waals surface area contributed by atoms with E-state index in [0.717, 1.165) is 0 Å². The average molecular weight is 266 g/mol. The standard InChI is InChI=1S/C19H22O/c1-4-10-16(11-5-1)19(17-12-6-2-7-13-17)20-18-14-8-3-9-15-18/h1-2,4-7,10-13,18-19H,3,8-9,14-15H2. The Morgan fingerprint density at radius 2 is 1.20 bits per heavy atom. The Balaban J connectivity index is 1.83. The SMILES string of the molecule is c1ccc(C(OC2CCCCC2)c2ccccc2)cc1. The van der Waals surface area contributed by atoms with Crippen LogP contribution in [0.4, 0.5) is 0 Å². The molecule has 1 saturated carbocycles. The van der Waals surface area contributed by atoms with Gasteiger partial charge in [-0.1, -0.05) is 79.9 Å². The molecule has 3 rings (SSSR count). The van der Waals surface area contributed by atoms with Crippen LogP contribution < -0.4 is 0 Å². The summed E-state index contributed by atoms with van der Waals surface area (Å²) in [6, 6.07) is 21.2. The van der Waals surface area contributed by atoms with Crippen molar-refractivity contribution in [1.82, 2.24) is 0 Å². The van der Waals surface area contributed by atoms with Crippen molar-refractivity contribution in [2.24, 2.45) is 0 Å². The highest BCUT2D eigenvalue weighted by Gasteiger charge is 2.21. The van der Waals surface area contributed by atoms with Gasteiger partial charge in [0, 0.05) is 0 Å². The van der Waals surface area contributed by atoms with Crippen molar-refractivity contribution in [1.29, 1.82) is 0 Å². The highest BCUT2D eigenvalue weighted by atomic mass is 16.5. The second-order valence-electron chi connectivity index (χ2n) is 5.60. The van der Waals surface area contributed by atoms with E-state index in [0.29, 0.717) is 6.10 Å². The summed E-state index contributed by atoms with van der Waals surface area (Å²) in [4.78, 5) is 0. The predicted octanol–water partition coefficient (Wildman–Crippen LogP) is 5.13. The fourth-order valence-corrected chi connectivity index (χ4v) is 3.00. The smallest absolute Gasteiger partial charge is 0.108 e. The van der Waals surface area contributed by atoms with Crippen LogP contribution in [0, 0.1) is 0 Å².